The van der Waals surface area contributed by atoms with Crippen molar-refractivity contribution in [1.29, 1.82) is 0 Å². The molecule has 0 aliphatic carbocycles. The van der Waals surface area contributed by atoms with E-state index in [0.29, 0.717) is 12.5 Å². The first-order chi connectivity index (χ1) is 24.5. The predicted octanol–water partition coefficient (Wildman–Crippen LogP) is 12.1. The zero-order chi connectivity index (χ0) is 34.8. The number of ether oxygens (including phenoxy) is 1. The summed E-state index contributed by atoms with van der Waals surface area (Å²) >= 11 is 6.00. The third kappa shape index (κ3) is 8.61. The number of halogens is 2. The molecule has 0 saturated heterocycles. The topological polar surface area (TPSA) is 34.0 Å². The fraction of sp³-hybridized carbons (Fsp3) is 0.136. The minimum atomic E-state index is -0.333. The Balaban J connectivity index is 0.00000139. The SMILES string of the molecule is CC1(C)COC(C(=Nc2c(C(c3ccccc3)c3ccccc3)cccc2C(c2ccccc2)c2ccccc2)c2ccccc2)=N1.[Br][Ni][Br]. The number of nitrogens with zero attached hydrogens (tertiary/aromatic N) is 2. The van der Waals surface area contributed by atoms with Gasteiger partial charge in [-0.25, -0.2) is 9.98 Å². The molecule has 254 valence electrons. The van der Waals surface area contributed by atoms with E-state index in [2.05, 4.69) is 194 Å². The molecular weight excluding hydrogens is 791 g/mol. The van der Waals surface area contributed by atoms with Crippen LogP contribution in [0.2, 0.25) is 0 Å². The fourth-order valence-electron chi connectivity index (χ4n) is 6.51. The summed E-state index contributed by atoms with van der Waals surface area (Å²) in [6.45, 7) is 4.71. The van der Waals surface area contributed by atoms with Gasteiger partial charge in [0, 0.05) is 17.4 Å². The molecule has 0 amide bonds. The van der Waals surface area contributed by atoms with Crippen molar-refractivity contribution in [3.05, 3.63) is 209 Å². The van der Waals surface area contributed by atoms with Crippen LogP contribution in [-0.4, -0.2) is 23.8 Å². The molecule has 50 heavy (non-hydrogen) atoms. The Kier molecular flexibility index (Phi) is 12.3. The fourth-order valence-corrected chi connectivity index (χ4v) is 6.51. The van der Waals surface area contributed by atoms with Gasteiger partial charge >= 0.3 is 39.3 Å². The first-order valence-corrected chi connectivity index (χ1v) is 21.4. The molecule has 1 heterocycles. The second-order valence-electron chi connectivity index (χ2n) is 12.7. The molecule has 0 aromatic heterocycles. The van der Waals surface area contributed by atoms with Gasteiger partial charge in [0.05, 0.1) is 11.2 Å². The van der Waals surface area contributed by atoms with Gasteiger partial charge in [0.2, 0.25) is 5.90 Å². The molecule has 0 bridgehead atoms. The number of hydrogen-bond donors (Lipinski definition) is 0. The van der Waals surface area contributed by atoms with Crippen LogP contribution in [0.25, 0.3) is 0 Å². The van der Waals surface area contributed by atoms with Gasteiger partial charge in [0.1, 0.15) is 12.3 Å². The number of hydrogen-bond acceptors (Lipinski definition) is 3. The van der Waals surface area contributed by atoms with Crippen LogP contribution >= 0.6 is 28.5 Å². The molecular formula is C44H38Br2N2NiO. The second-order valence-corrected chi connectivity index (χ2v) is 17.7. The van der Waals surface area contributed by atoms with Gasteiger partial charge in [-0.05, 0) is 47.2 Å². The average molecular weight is 829 g/mol. The van der Waals surface area contributed by atoms with Crippen molar-refractivity contribution in [2.75, 3.05) is 6.61 Å². The van der Waals surface area contributed by atoms with Crippen LogP contribution in [-0.2, 0) is 15.6 Å². The van der Waals surface area contributed by atoms with Gasteiger partial charge in [-0.2, -0.15) is 0 Å². The van der Waals surface area contributed by atoms with E-state index in [4.69, 9.17) is 14.7 Å². The maximum absolute atomic E-state index is 6.32. The van der Waals surface area contributed by atoms with Crippen molar-refractivity contribution in [2.45, 2.75) is 31.2 Å². The quantitative estimate of drug-likeness (QED) is 0.0812. The number of rotatable bonds is 9. The Hall–Kier alpha value is -4.09. The maximum atomic E-state index is 6.32. The normalized spacial score (nSPS) is 13.8. The van der Waals surface area contributed by atoms with Crippen LogP contribution in [0.5, 0.6) is 0 Å². The minimum absolute atomic E-state index is 0.0526. The van der Waals surface area contributed by atoms with E-state index in [1.54, 1.807) is 0 Å². The number of aliphatic imine (C=N–C) groups is 2. The molecule has 1 aliphatic rings. The monoisotopic (exact) mass is 826 g/mol. The van der Waals surface area contributed by atoms with Crippen LogP contribution in [0.15, 0.2) is 180 Å². The summed E-state index contributed by atoms with van der Waals surface area (Å²) in [7, 11) is 1.25. The van der Waals surface area contributed by atoms with Crippen molar-refractivity contribution in [3.8, 4) is 0 Å². The number of benzene rings is 6. The first kappa shape index (κ1) is 35.7. The van der Waals surface area contributed by atoms with E-state index in [9.17, 15) is 0 Å². The van der Waals surface area contributed by atoms with Gasteiger partial charge in [-0.15, -0.1) is 0 Å². The average Bonchev–Trinajstić information content (AvgIpc) is 3.53. The summed E-state index contributed by atoms with van der Waals surface area (Å²) in [4.78, 5) is 10.7. The Bertz CT molecular complexity index is 1840. The molecule has 0 unspecified atom stereocenters. The van der Waals surface area contributed by atoms with Crippen molar-refractivity contribution in [1.82, 2.24) is 0 Å². The summed E-state index contributed by atoms with van der Waals surface area (Å²) in [5.41, 5.74) is 9.39. The van der Waals surface area contributed by atoms with Gasteiger partial charge in [0.15, 0.2) is 0 Å². The van der Waals surface area contributed by atoms with Gasteiger partial charge in [-0.3, -0.25) is 0 Å². The second kappa shape index (κ2) is 17.2. The van der Waals surface area contributed by atoms with E-state index in [1.807, 2.05) is 18.2 Å². The molecule has 0 N–H and O–H groups in total. The summed E-state index contributed by atoms with van der Waals surface area (Å²) in [6.07, 6.45) is 0. The van der Waals surface area contributed by atoms with Crippen LogP contribution in [0.3, 0.4) is 0 Å². The zero-order valence-electron chi connectivity index (χ0n) is 27.9. The summed E-state index contributed by atoms with van der Waals surface area (Å²) in [5, 5.41) is 0. The summed E-state index contributed by atoms with van der Waals surface area (Å²) < 4.78 is 6.32. The van der Waals surface area contributed by atoms with Gasteiger partial charge < -0.3 is 4.74 Å². The van der Waals surface area contributed by atoms with E-state index < -0.39 is 0 Å². The molecule has 6 heteroatoms. The Morgan fingerprint density at radius 2 is 0.940 bits per heavy atom. The molecule has 0 radical (unpaired) electrons. The molecule has 3 nitrogen and oxygen atoms in total. The van der Waals surface area contributed by atoms with Crippen molar-refractivity contribution >= 4 is 45.7 Å². The molecule has 1 aliphatic heterocycles. The summed E-state index contributed by atoms with van der Waals surface area (Å²) in [6, 6.07) is 60.0. The van der Waals surface area contributed by atoms with E-state index in [1.165, 1.54) is 33.2 Å². The first-order valence-electron chi connectivity index (χ1n) is 16.5. The Morgan fingerprint density at radius 3 is 1.28 bits per heavy atom. The molecule has 0 fully saturated rings. The summed E-state index contributed by atoms with van der Waals surface area (Å²) in [5.74, 6) is 0.472. The van der Waals surface area contributed by atoms with Crippen molar-refractivity contribution < 1.29 is 15.6 Å². The standard InChI is InChI=1S/C44H38N2O.2BrH.Ni/c1-44(2)31-47-43(46-44)41(36-27-16-7-17-28-36)45-42-37(39(32-19-8-3-9-20-32)33-21-10-4-11-22-33)29-18-30-38(42)40(34-23-12-5-13-24-34)35-25-14-6-15-26-35;;;/h3-30,39-40H,31H2,1-2H3;2*1H;/q;;;+2/p-2. The Labute approximate surface area is 316 Å². The van der Waals surface area contributed by atoms with Crippen LogP contribution < -0.4 is 0 Å². The zero-order valence-corrected chi connectivity index (χ0v) is 32.1. The third-order valence-electron chi connectivity index (χ3n) is 8.69. The molecule has 6 aromatic rings. The van der Waals surface area contributed by atoms with Crippen LogP contribution in [0, 0.1) is 0 Å². The van der Waals surface area contributed by atoms with E-state index in [-0.39, 0.29) is 17.4 Å². The number of para-hydroxylation sites is 1. The van der Waals surface area contributed by atoms with E-state index >= 15 is 0 Å². The van der Waals surface area contributed by atoms with E-state index in [0.717, 1.165) is 28.1 Å². The van der Waals surface area contributed by atoms with Crippen LogP contribution in [0.4, 0.5) is 5.69 Å². The van der Waals surface area contributed by atoms with Crippen molar-refractivity contribution in [2.24, 2.45) is 9.98 Å². The molecule has 7 rings (SSSR count). The third-order valence-corrected chi connectivity index (χ3v) is 8.69. The molecule has 0 spiro atoms. The Morgan fingerprint density at radius 1 is 0.580 bits per heavy atom. The van der Waals surface area contributed by atoms with Crippen molar-refractivity contribution in [3.63, 3.8) is 0 Å². The van der Waals surface area contributed by atoms with Gasteiger partial charge in [0.25, 0.3) is 0 Å². The molecule has 6 aromatic carbocycles. The predicted molar refractivity (Wildman–Crippen MR) is 212 cm³/mol. The van der Waals surface area contributed by atoms with Gasteiger partial charge in [-0.1, -0.05) is 170 Å². The molecule has 0 atom stereocenters. The van der Waals surface area contributed by atoms with Crippen LogP contribution in [0.1, 0.15) is 64.6 Å². The molecule has 0 saturated carbocycles.